The summed E-state index contributed by atoms with van der Waals surface area (Å²) in [6.07, 6.45) is 0.856. The molecular formula is C13H15N3O. The smallest absolute Gasteiger partial charge is 0.192 e. The third kappa shape index (κ3) is 2.56. The molecule has 0 aliphatic carbocycles. The molecular weight excluding hydrogens is 214 g/mol. The van der Waals surface area contributed by atoms with Crippen LogP contribution >= 0.6 is 0 Å². The second-order valence-electron chi connectivity index (χ2n) is 4.03. The molecule has 17 heavy (non-hydrogen) atoms. The molecule has 1 heterocycles. The van der Waals surface area contributed by atoms with Crippen LogP contribution in [-0.2, 0) is 0 Å². The molecule has 88 valence electrons. The average Bonchev–Trinajstić information content (AvgIpc) is 2.69. The Labute approximate surface area is 100 Å². The maximum absolute atomic E-state index is 8.86. The number of benzene rings is 1. The highest BCUT2D eigenvalue weighted by Crippen LogP contribution is 2.19. The molecule has 0 aliphatic heterocycles. The lowest BCUT2D eigenvalue weighted by molar-refractivity contribution is 0.561. The molecule has 0 aliphatic rings. The Kier molecular flexibility index (Phi) is 3.29. The Balaban J connectivity index is 2.11. The highest BCUT2D eigenvalue weighted by Gasteiger charge is 2.06. The summed E-state index contributed by atoms with van der Waals surface area (Å²) in [7, 11) is 0. The topological polar surface area (TPSA) is 61.9 Å². The maximum Gasteiger partial charge on any atom is 0.192 e. The Hall–Kier alpha value is -2.02. The van der Waals surface area contributed by atoms with Crippen LogP contribution in [0.4, 0.5) is 5.69 Å². The molecule has 0 fully saturated rings. The summed E-state index contributed by atoms with van der Waals surface area (Å²) in [6, 6.07) is 8.04. The highest BCUT2D eigenvalue weighted by atomic mass is 16.3. The first-order valence-corrected chi connectivity index (χ1v) is 5.73. The molecule has 1 N–H and O–H groups in total. The molecule has 0 bridgehead atoms. The minimum Gasteiger partial charge on any atom is -0.441 e. The van der Waals surface area contributed by atoms with Crippen LogP contribution in [0.1, 0.15) is 19.2 Å². The molecule has 1 atom stereocenters. The lowest BCUT2D eigenvalue weighted by Crippen LogP contribution is -2.11. The van der Waals surface area contributed by atoms with E-state index < -0.39 is 0 Å². The first-order valence-electron chi connectivity index (χ1n) is 5.73. The number of oxazole rings is 1. The lowest BCUT2D eigenvalue weighted by atomic mass is 10.1. The van der Waals surface area contributed by atoms with Gasteiger partial charge in [-0.2, -0.15) is 5.26 Å². The van der Waals surface area contributed by atoms with Crippen molar-refractivity contribution in [3.63, 3.8) is 0 Å². The molecule has 0 amide bonds. The second-order valence-corrected chi connectivity index (χ2v) is 4.03. The van der Waals surface area contributed by atoms with E-state index in [0.29, 0.717) is 12.4 Å². The summed E-state index contributed by atoms with van der Waals surface area (Å²) in [5, 5.41) is 12.1. The van der Waals surface area contributed by atoms with Gasteiger partial charge in [0.25, 0.3) is 0 Å². The number of hydrogen-bond donors (Lipinski definition) is 1. The predicted molar refractivity (Wildman–Crippen MR) is 66.6 cm³/mol. The number of nitrogens with zero attached hydrogens (tertiary/aromatic N) is 2. The molecule has 0 saturated heterocycles. The summed E-state index contributed by atoms with van der Waals surface area (Å²) in [4.78, 5) is 4.27. The van der Waals surface area contributed by atoms with Crippen LogP contribution in [-0.4, -0.2) is 11.5 Å². The van der Waals surface area contributed by atoms with Crippen LogP contribution < -0.4 is 5.32 Å². The normalized spacial score (nSPS) is 12.3. The standard InChI is InChI=1S/C13H15N3O/c1-3-10(7-14)8-15-11-4-5-13-12(6-11)16-9(2)17-13/h4-6,10,15H,3,8H2,1-2H3. The fourth-order valence-electron chi connectivity index (χ4n) is 1.67. The molecule has 2 aromatic rings. The van der Waals surface area contributed by atoms with Gasteiger partial charge in [0.1, 0.15) is 5.52 Å². The van der Waals surface area contributed by atoms with Crippen LogP contribution in [0.5, 0.6) is 0 Å². The van der Waals surface area contributed by atoms with E-state index in [0.717, 1.165) is 23.2 Å². The fourth-order valence-corrected chi connectivity index (χ4v) is 1.67. The van der Waals surface area contributed by atoms with Gasteiger partial charge < -0.3 is 9.73 Å². The van der Waals surface area contributed by atoms with E-state index in [1.165, 1.54) is 0 Å². The van der Waals surface area contributed by atoms with E-state index >= 15 is 0 Å². The van der Waals surface area contributed by atoms with Crippen LogP contribution in [0.25, 0.3) is 11.1 Å². The number of hydrogen-bond acceptors (Lipinski definition) is 4. The highest BCUT2D eigenvalue weighted by molar-refractivity contribution is 5.77. The van der Waals surface area contributed by atoms with Gasteiger partial charge in [0, 0.05) is 19.2 Å². The summed E-state index contributed by atoms with van der Waals surface area (Å²) >= 11 is 0. The number of nitriles is 1. The summed E-state index contributed by atoms with van der Waals surface area (Å²) in [6.45, 7) is 4.50. The molecule has 2 rings (SSSR count). The van der Waals surface area contributed by atoms with Crippen molar-refractivity contribution >= 4 is 16.8 Å². The van der Waals surface area contributed by atoms with Crippen molar-refractivity contribution < 1.29 is 4.42 Å². The molecule has 4 heteroatoms. The lowest BCUT2D eigenvalue weighted by Gasteiger charge is -2.08. The first-order chi connectivity index (χ1) is 8.22. The largest absolute Gasteiger partial charge is 0.441 e. The predicted octanol–water partition coefficient (Wildman–Crippen LogP) is 3.10. The van der Waals surface area contributed by atoms with E-state index in [-0.39, 0.29) is 5.92 Å². The van der Waals surface area contributed by atoms with E-state index in [2.05, 4.69) is 16.4 Å². The third-order valence-corrected chi connectivity index (χ3v) is 2.72. The Morgan fingerprint density at radius 1 is 1.53 bits per heavy atom. The minimum absolute atomic E-state index is 0.0461. The van der Waals surface area contributed by atoms with Gasteiger partial charge in [0.2, 0.25) is 0 Å². The van der Waals surface area contributed by atoms with Crippen molar-refractivity contribution in [1.82, 2.24) is 4.98 Å². The van der Waals surface area contributed by atoms with Gasteiger partial charge in [-0.25, -0.2) is 4.98 Å². The zero-order chi connectivity index (χ0) is 12.3. The molecule has 0 saturated carbocycles. The Morgan fingerprint density at radius 2 is 2.35 bits per heavy atom. The van der Waals surface area contributed by atoms with Crippen LogP contribution in [0, 0.1) is 24.2 Å². The van der Waals surface area contributed by atoms with Gasteiger partial charge >= 0.3 is 0 Å². The monoisotopic (exact) mass is 229 g/mol. The van der Waals surface area contributed by atoms with Crippen molar-refractivity contribution in [3.8, 4) is 6.07 Å². The van der Waals surface area contributed by atoms with E-state index in [4.69, 9.17) is 9.68 Å². The number of aromatic nitrogens is 1. The third-order valence-electron chi connectivity index (χ3n) is 2.72. The van der Waals surface area contributed by atoms with E-state index in [9.17, 15) is 0 Å². The molecule has 4 nitrogen and oxygen atoms in total. The molecule has 1 unspecified atom stereocenters. The first kappa shape index (κ1) is 11.5. The van der Waals surface area contributed by atoms with Gasteiger partial charge in [-0.05, 0) is 24.6 Å². The maximum atomic E-state index is 8.86. The quantitative estimate of drug-likeness (QED) is 0.875. The van der Waals surface area contributed by atoms with Crippen molar-refractivity contribution in [2.24, 2.45) is 5.92 Å². The summed E-state index contributed by atoms with van der Waals surface area (Å²) in [5.41, 5.74) is 2.61. The Morgan fingerprint density at radius 3 is 3.06 bits per heavy atom. The number of anilines is 1. The van der Waals surface area contributed by atoms with Crippen molar-refractivity contribution in [2.45, 2.75) is 20.3 Å². The zero-order valence-electron chi connectivity index (χ0n) is 10.0. The van der Waals surface area contributed by atoms with Gasteiger partial charge in [-0.15, -0.1) is 0 Å². The number of aryl methyl sites for hydroxylation is 1. The molecule has 1 aromatic heterocycles. The van der Waals surface area contributed by atoms with Gasteiger partial charge in [0.15, 0.2) is 11.5 Å². The molecule has 0 radical (unpaired) electrons. The number of fused-ring (bicyclic) bond motifs is 1. The Bertz CT molecular complexity index is 553. The van der Waals surface area contributed by atoms with Crippen molar-refractivity contribution in [2.75, 3.05) is 11.9 Å². The van der Waals surface area contributed by atoms with Gasteiger partial charge in [0.05, 0.1) is 12.0 Å². The van der Waals surface area contributed by atoms with Gasteiger partial charge in [-0.1, -0.05) is 6.92 Å². The van der Waals surface area contributed by atoms with Crippen LogP contribution in [0.3, 0.4) is 0 Å². The molecule has 1 aromatic carbocycles. The van der Waals surface area contributed by atoms with E-state index in [1.54, 1.807) is 0 Å². The zero-order valence-corrected chi connectivity index (χ0v) is 10.0. The second kappa shape index (κ2) is 4.88. The van der Waals surface area contributed by atoms with Crippen LogP contribution in [0.15, 0.2) is 22.6 Å². The van der Waals surface area contributed by atoms with Crippen LogP contribution in [0.2, 0.25) is 0 Å². The number of rotatable bonds is 4. The van der Waals surface area contributed by atoms with Crippen molar-refractivity contribution in [3.05, 3.63) is 24.1 Å². The summed E-state index contributed by atoms with van der Waals surface area (Å²) in [5.74, 6) is 0.713. The average molecular weight is 229 g/mol. The van der Waals surface area contributed by atoms with Crippen molar-refractivity contribution in [1.29, 1.82) is 5.26 Å². The summed E-state index contributed by atoms with van der Waals surface area (Å²) < 4.78 is 5.40. The number of nitrogens with one attached hydrogen (secondary N) is 1. The van der Waals surface area contributed by atoms with E-state index in [1.807, 2.05) is 32.0 Å². The van der Waals surface area contributed by atoms with Gasteiger partial charge in [-0.3, -0.25) is 0 Å². The molecule has 0 spiro atoms. The fraction of sp³-hybridized carbons (Fsp3) is 0.385. The SMILES string of the molecule is CCC(C#N)CNc1ccc2oc(C)nc2c1. The minimum atomic E-state index is 0.0461.